The second-order valence-electron chi connectivity index (χ2n) is 5.93. The van der Waals surface area contributed by atoms with Crippen LogP contribution in [0.4, 0.5) is 14.5 Å². The average molecular weight is 422 g/mol. The summed E-state index contributed by atoms with van der Waals surface area (Å²) in [7, 11) is 3.03. The Bertz CT molecular complexity index is 916. The number of hydrogen-bond donors (Lipinski definition) is 1. The van der Waals surface area contributed by atoms with E-state index in [0.717, 1.165) is 5.56 Å². The summed E-state index contributed by atoms with van der Waals surface area (Å²) in [6, 6.07) is 10.2. The predicted octanol–water partition coefficient (Wildman–Crippen LogP) is 3.55. The van der Waals surface area contributed by atoms with E-state index in [2.05, 4.69) is 10.1 Å². The van der Waals surface area contributed by atoms with Crippen LogP contribution in [0.15, 0.2) is 48.7 Å². The van der Waals surface area contributed by atoms with Crippen molar-refractivity contribution in [3.05, 3.63) is 70.0 Å². The first-order valence-electron chi connectivity index (χ1n) is 8.73. The maximum absolute atomic E-state index is 12.5. The van der Waals surface area contributed by atoms with Crippen molar-refractivity contribution in [3.63, 3.8) is 0 Å². The van der Waals surface area contributed by atoms with Gasteiger partial charge in [0.05, 0.1) is 24.7 Å². The Morgan fingerprint density at radius 1 is 1.13 bits per heavy atom. The summed E-state index contributed by atoms with van der Waals surface area (Å²) < 4.78 is 39.4. The van der Waals surface area contributed by atoms with Gasteiger partial charge in [-0.15, -0.1) is 0 Å². The zero-order valence-electron chi connectivity index (χ0n) is 16.3. The Balaban J connectivity index is 2.09. The third-order valence-electron chi connectivity index (χ3n) is 4.07. The number of rotatable bonds is 10. The standard InChI is InChI=1S/C20H20F2N2O6/c1-28-17-8-3-13(11-18(17)29-2)9-10-23-19(25)16(12-30-20(21)22)14-4-6-15(7-5-14)24(26)27/h3-8,11-12,20H,9-10H2,1-2H3,(H,23,25). The van der Waals surface area contributed by atoms with Crippen LogP contribution in [0.5, 0.6) is 11.5 Å². The lowest BCUT2D eigenvalue weighted by Crippen LogP contribution is -2.27. The quantitative estimate of drug-likeness (QED) is 0.272. The van der Waals surface area contributed by atoms with Gasteiger partial charge in [0.1, 0.15) is 6.26 Å². The molecular weight excluding hydrogens is 402 g/mol. The minimum absolute atomic E-state index is 0.183. The highest BCUT2D eigenvalue weighted by Crippen LogP contribution is 2.27. The van der Waals surface area contributed by atoms with Crippen molar-refractivity contribution in [1.29, 1.82) is 0 Å². The fourth-order valence-electron chi connectivity index (χ4n) is 2.59. The molecule has 0 aliphatic carbocycles. The second-order valence-corrected chi connectivity index (χ2v) is 5.93. The van der Waals surface area contributed by atoms with Crippen molar-refractivity contribution >= 4 is 17.2 Å². The lowest BCUT2D eigenvalue weighted by molar-refractivity contribution is -0.384. The molecule has 0 spiro atoms. The van der Waals surface area contributed by atoms with Gasteiger partial charge in [-0.2, -0.15) is 8.78 Å². The molecule has 10 heteroatoms. The molecule has 0 radical (unpaired) electrons. The molecule has 30 heavy (non-hydrogen) atoms. The number of nitro groups is 1. The molecule has 0 aliphatic heterocycles. The van der Waals surface area contributed by atoms with Crippen LogP contribution in [0.1, 0.15) is 11.1 Å². The summed E-state index contributed by atoms with van der Waals surface area (Å²) in [4.78, 5) is 22.7. The second kappa shape index (κ2) is 10.7. The topological polar surface area (TPSA) is 99.9 Å². The summed E-state index contributed by atoms with van der Waals surface area (Å²) in [6.07, 6.45) is 1.08. The summed E-state index contributed by atoms with van der Waals surface area (Å²) in [5, 5.41) is 13.4. The number of amides is 1. The number of halogens is 2. The van der Waals surface area contributed by atoms with Crippen LogP contribution < -0.4 is 14.8 Å². The van der Waals surface area contributed by atoms with Crippen molar-refractivity contribution in [2.75, 3.05) is 20.8 Å². The van der Waals surface area contributed by atoms with Gasteiger partial charge in [0.2, 0.25) is 0 Å². The number of nitrogens with zero attached hydrogens (tertiary/aromatic N) is 1. The Morgan fingerprint density at radius 3 is 2.37 bits per heavy atom. The number of nitro benzene ring substituents is 1. The molecule has 2 aromatic carbocycles. The van der Waals surface area contributed by atoms with E-state index < -0.39 is 17.4 Å². The van der Waals surface area contributed by atoms with Gasteiger partial charge in [-0.3, -0.25) is 14.9 Å². The van der Waals surface area contributed by atoms with E-state index in [9.17, 15) is 23.7 Å². The molecule has 0 bridgehead atoms. The first-order chi connectivity index (χ1) is 14.3. The number of hydrogen-bond acceptors (Lipinski definition) is 6. The number of nitrogens with one attached hydrogen (secondary N) is 1. The minimum Gasteiger partial charge on any atom is -0.493 e. The molecule has 0 heterocycles. The highest BCUT2D eigenvalue weighted by molar-refractivity contribution is 6.19. The van der Waals surface area contributed by atoms with Crippen LogP contribution in [0, 0.1) is 10.1 Å². The molecule has 0 saturated carbocycles. The van der Waals surface area contributed by atoms with E-state index in [0.29, 0.717) is 24.2 Å². The molecule has 0 aromatic heterocycles. The number of alkyl halides is 2. The molecule has 2 rings (SSSR count). The highest BCUT2D eigenvalue weighted by Gasteiger charge is 2.16. The number of methoxy groups -OCH3 is 2. The van der Waals surface area contributed by atoms with Gasteiger partial charge in [-0.05, 0) is 41.8 Å². The third kappa shape index (κ3) is 6.16. The molecule has 1 amide bonds. The van der Waals surface area contributed by atoms with Crippen LogP contribution in [-0.2, 0) is 16.0 Å². The number of non-ortho nitro benzene ring substituents is 1. The van der Waals surface area contributed by atoms with Gasteiger partial charge in [-0.25, -0.2) is 0 Å². The van der Waals surface area contributed by atoms with Crippen LogP contribution in [0.3, 0.4) is 0 Å². The molecule has 0 saturated heterocycles. The molecular formula is C20H20F2N2O6. The Kier molecular flexibility index (Phi) is 8.09. The molecule has 160 valence electrons. The summed E-state index contributed by atoms with van der Waals surface area (Å²) in [5.41, 5.74) is 0.682. The third-order valence-corrected chi connectivity index (χ3v) is 4.07. The zero-order chi connectivity index (χ0) is 22.1. The number of benzene rings is 2. The monoisotopic (exact) mass is 422 g/mol. The van der Waals surface area contributed by atoms with E-state index in [1.54, 1.807) is 18.2 Å². The number of carbonyl (C=O) groups is 1. The molecule has 8 nitrogen and oxygen atoms in total. The Hall–Kier alpha value is -3.69. The van der Waals surface area contributed by atoms with Crippen molar-refractivity contribution < 1.29 is 32.7 Å². The summed E-state index contributed by atoms with van der Waals surface area (Å²) in [5.74, 6) is 0.445. The first kappa shape index (κ1) is 22.6. The molecule has 0 unspecified atom stereocenters. The van der Waals surface area contributed by atoms with E-state index in [1.807, 2.05) is 0 Å². The fourth-order valence-corrected chi connectivity index (χ4v) is 2.59. The van der Waals surface area contributed by atoms with Crippen molar-refractivity contribution in [2.45, 2.75) is 13.0 Å². The van der Waals surface area contributed by atoms with Gasteiger partial charge in [-0.1, -0.05) is 6.07 Å². The molecule has 1 N–H and O–H groups in total. The van der Waals surface area contributed by atoms with E-state index >= 15 is 0 Å². The molecule has 0 atom stereocenters. The lowest BCUT2D eigenvalue weighted by Gasteiger charge is -2.11. The van der Waals surface area contributed by atoms with E-state index in [1.165, 1.54) is 38.5 Å². The maximum Gasteiger partial charge on any atom is 0.386 e. The van der Waals surface area contributed by atoms with Gasteiger partial charge >= 0.3 is 6.61 Å². The summed E-state index contributed by atoms with van der Waals surface area (Å²) in [6.45, 7) is -2.91. The Morgan fingerprint density at radius 2 is 1.80 bits per heavy atom. The normalized spacial score (nSPS) is 11.2. The van der Waals surface area contributed by atoms with Crippen LogP contribution in [0.2, 0.25) is 0 Å². The largest absolute Gasteiger partial charge is 0.493 e. The van der Waals surface area contributed by atoms with Crippen LogP contribution in [-0.4, -0.2) is 38.2 Å². The molecule has 0 fully saturated rings. The maximum atomic E-state index is 12.5. The zero-order valence-corrected chi connectivity index (χ0v) is 16.3. The average Bonchev–Trinajstić information content (AvgIpc) is 2.73. The first-order valence-corrected chi connectivity index (χ1v) is 8.73. The Labute approximate surface area is 171 Å². The van der Waals surface area contributed by atoms with Gasteiger partial charge in [0.15, 0.2) is 11.5 Å². The van der Waals surface area contributed by atoms with Crippen molar-refractivity contribution in [1.82, 2.24) is 5.32 Å². The van der Waals surface area contributed by atoms with E-state index in [4.69, 9.17) is 9.47 Å². The lowest BCUT2D eigenvalue weighted by atomic mass is 10.1. The van der Waals surface area contributed by atoms with E-state index in [-0.39, 0.29) is 23.4 Å². The van der Waals surface area contributed by atoms with Gasteiger partial charge in [0, 0.05) is 18.7 Å². The molecule has 2 aromatic rings. The SMILES string of the molecule is COc1ccc(CCNC(=O)C(=COC(F)F)c2ccc([N+](=O)[O-])cc2)cc1OC. The number of carbonyl (C=O) groups excluding carboxylic acids is 1. The summed E-state index contributed by atoms with van der Waals surface area (Å²) >= 11 is 0. The predicted molar refractivity (Wildman–Crippen MR) is 104 cm³/mol. The highest BCUT2D eigenvalue weighted by atomic mass is 19.3. The van der Waals surface area contributed by atoms with Gasteiger partial charge in [0.25, 0.3) is 11.6 Å². The van der Waals surface area contributed by atoms with Crippen LogP contribution in [0.25, 0.3) is 5.57 Å². The minimum atomic E-state index is -3.11. The smallest absolute Gasteiger partial charge is 0.386 e. The molecule has 0 aliphatic rings. The van der Waals surface area contributed by atoms with Gasteiger partial charge < -0.3 is 19.5 Å². The van der Waals surface area contributed by atoms with Crippen molar-refractivity contribution in [3.8, 4) is 11.5 Å². The number of ether oxygens (including phenoxy) is 3. The van der Waals surface area contributed by atoms with Crippen molar-refractivity contribution in [2.24, 2.45) is 0 Å². The van der Waals surface area contributed by atoms with Crippen LogP contribution >= 0.6 is 0 Å². The fraction of sp³-hybridized carbons (Fsp3) is 0.250.